The van der Waals surface area contributed by atoms with E-state index in [0.29, 0.717) is 6.42 Å². The van der Waals surface area contributed by atoms with Gasteiger partial charge in [0, 0.05) is 6.42 Å². The van der Waals surface area contributed by atoms with Gasteiger partial charge in [-0.15, -0.1) is 0 Å². The summed E-state index contributed by atoms with van der Waals surface area (Å²) in [6.07, 6.45) is 40.5. The van der Waals surface area contributed by atoms with Crippen LogP contribution in [0.1, 0.15) is 136 Å². The summed E-state index contributed by atoms with van der Waals surface area (Å²) in [5.41, 5.74) is 0. The minimum absolute atomic E-state index is 0.212. The number of hydrogen-bond acceptors (Lipinski definition) is 8. The third-order valence-corrected chi connectivity index (χ3v) is 9.18. The molecular weight excluding hydrogens is 682 g/mol. The fraction of sp³-hybridized carbons (Fsp3) is 0.667. The highest BCUT2D eigenvalue weighted by atomic mass is 16.7. The molecule has 0 saturated carbocycles. The molecule has 0 radical (unpaired) electrons. The monoisotopic (exact) mass is 758 g/mol. The second-order valence-electron chi connectivity index (χ2n) is 14.0. The van der Waals surface area contributed by atoms with Crippen LogP contribution in [-0.2, 0) is 14.3 Å². The van der Waals surface area contributed by atoms with Gasteiger partial charge in [0.05, 0.1) is 25.4 Å². The van der Waals surface area contributed by atoms with Gasteiger partial charge in [0.25, 0.3) is 0 Å². The second-order valence-corrected chi connectivity index (χ2v) is 14.0. The Labute approximate surface area is 327 Å². The van der Waals surface area contributed by atoms with Crippen LogP contribution in [0.3, 0.4) is 0 Å². The van der Waals surface area contributed by atoms with Gasteiger partial charge in [-0.2, -0.15) is 0 Å². The van der Waals surface area contributed by atoms with E-state index in [1.54, 1.807) is 6.08 Å². The molecule has 7 atom stereocenters. The molecule has 54 heavy (non-hydrogen) atoms. The number of nitrogens with one attached hydrogen (secondary N) is 1. The minimum Gasteiger partial charge on any atom is -0.394 e. The lowest BCUT2D eigenvalue weighted by Gasteiger charge is -2.40. The first-order valence-corrected chi connectivity index (χ1v) is 20.8. The number of unbranched alkanes of at least 4 members (excludes halogenated alkanes) is 10. The maximum absolute atomic E-state index is 12.9. The minimum atomic E-state index is -1.58. The molecule has 1 heterocycles. The topological polar surface area (TPSA) is 149 Å². The lowest BCUT2D eigenvalue weighted by Crippen LogP contribution is -2.60. The number of carbonyl (C=O) groups excluding carboxylic acids is 1. The Hall–Kier alpha value is -2.63. The predicted octanol–water partition coefficient (Wildman–Crippen LogP) is 7.99. The average molecular weight is 758 g/mol. The van der Waals surface area contributed by atoms with E-state index in [2.05, 4.69) is 92.1 Å². The summed E-state index contributed by atoms with van der Waals surface area (Å²) in [5.74, 6) is -0.212. The fourth-order valence-corrected chi connectivity index (χ4v) is 5.81. The number of amides is 1. The van der Waals surface area contributed by atoms with Crippen LogP contribution in [0, 0.1) is 0 Å². The highest BCUT2D eigenvalue weighted by Crippen LogP contribution is 2.22. The van der Waals surface area contributed by atoms with Gasteiger partial charge in [0.15, 0.2) is 6.29 Å². The first-order chi connectivity index (χ1) is 26.3. The largest absolute Gasteiger partial charge is 0.394 e. The molecular formula is C45H75NO8. The van der Waals surface area contributed by atoms with Crippen LogP contribution in [0.15, 0.2) is 85.1 Å². The maximum Gasteiger partial charge on any atom is 0.220 e. The zero-order valence-corrected chi connectivity index (χ0v) is 33.4. The van der Waals surface area contributed by atoms with Gasteiger partial charge in [-0.25, -0.2) is 0 Å². The Bertz CT molecular complexity index is 1110. The Kier molecular flexibility index (Phi) is 31.9. The summed E-state index contributed by atoms with van der Waals surface area (Å²) < 4.78 is 11.1. The van der Waals surface area contributed by atoms with Crippen molar-refractivity contribution in [3.8, 4) is 0 Å². The number of aliphatic hydroxyl groups is 5. The predicted molar refractivity (Wildman–Crippen MR) is 221 cm³/mol. The molecule has 1 fully saturated rings. The van der Waals surface area contributed by atoms with Crippen LogP contribution in [-0.4, -0.2) is 87.5 Å². The first-order valence-electron chi connectivity index (χ1n) is 20.8. The van der Waals surface area contributed by atoms with Crippen molar-refractivity contribution in [3.05, 3.63) is 85.1 Å². The molecule has 1 aliphatic heterocycles. The summed E-state index contributed by atoms with van der Waals surface area (Å²) in [6.45, 7) is 3.54. The number of hydrogen-bond donors (Lipinski definition) is 6. The maximum atomic E-state index is 12.9. The van der Waals surface area contributed by atoms with Crippen LogP contribution in [0.4, 0.5) is 0 Å². The number of aliphatic hydroxyl groups excluding tert-OH is 5. The first kappa shape index (κ1) is 49.4. The lowest BCUT2D eigenvalue weighted by atomic mass is 9.99. The molecule has 0 aromatic rings. The number of carbonyl (C=O) groups is 1. The third kappa shape index (κ3) is 25.4. The van der Waals surface area contributed by atoms with E-state index in [1.165, 1.54) is 12.8 Å². The smallest absolute Gasteiger partial charge is 0.220 e. The lowest BCUT2D eigenvalue weighted by molar-refractivity contribution is -0.302. The van der Waals surface area contributed by atoms with Crippen molar-refractivity contribution in [2.45, 2.75) is 179 Å². The number of ether oxygens (including phenoxy) is 2. The Morgan fingerprint density at radius 3 is 1.78 bits per heavy atom. The molecule has 1 aliphatic rings. The van der Waals surface area contributed by atoms with Gasteiger partial charge >= 0.3 is 0 Å². The zero-order chi connectivity index (χ0) is 39.5. The van der Waals surface area contributed by atoms with Crippen molar-refractivity contribution in [3.63, 3.8) is 0 Å². The normalized spacial score (nSPS) is 22.4. The van der Waals surface area contributed by atoms with E-state index in [0.717, 1.165) is 103 Å². The zero-order valence-electron chi connectivity index (χ0n) is 33.4. The van der Waals surface area contributed by atoms with Gasteiger partial charge < -0.3 is 40.3 Å². The molecule has 1 amide bonds. The quantitative estimate of drug-likeness (QED) is 0.0299. The number of allylic oxidation sites excluding steroid dienone is 13. The summed E-state index contributed by atoms with van der Waals surface area (Å²) in [5, 5.41) is 54.0. The standard InChI is InChI=1S/C45H75NO8/c1-3-5-7-9-11-13-15-17-18-19-20-21-22-23-25-27-29-31-33-35-41(49)46-38(37-53-45-44(52)43(51)42(50)40(36-47)54-45)39(48)34-32-30-28-26-24-16-14-12-10-8-6-4-2/h5,7,10-13,17-18,20-21,24,26,32,34,38-40,42-45,47-48,50-52H,3-4,6,8-9,14-16,19,22-23,25,27-31,33,35-37H2,1-2H3,(H,46,49)/b7-5-,12-10+,13-11-,18-17-,21-20-,26-24+,34-32+. The molecule has 0 aliphatic carbocycles. The van der Waals surface area contributed by atoms with Crippen molar-refractivity contribution in [1.29, 1.82) is 0 Å². The second kappa shape index (κ2) is 34.8. The Morgan fingerprint density at radius 2 is 1.17 bits per heavy atom. The molecule has 308 valence electrons. The van der Waals surface area contributed by atoms with Crippen molar-refractivity contribution in [2.75, 3.05) is 13.2 Å². The fourth-order valence-electron chi connectivity index (χ4n) is 5.81. The van der Waals surface area contributed by atoms with E-state index < -0.39 is 49.5 Å². The summed E-state index contributed by atoms with van der Waals surface area (Å²) in [4.78, 5) is 12.9. The van der Waals surface area contributed by atoms with E-state index in [9.17, 15) is 30.3 Å². The molecule has 9 nitrogen and oxygen atoms in total. The van der Waals surface area contributed by atoms with Gasteiger partial charge in [-0.1, -0.05) is 137 Å². The van der Waals surface area contributed by atoms with Crippen molar-refractivity contribution in [2.24, 2.45) is 0 Å². The van der Waals surface area contributed by atoms with Crippen molar-refractivity contribution in [1.82, 2.24) is 5.32 Å². The Balaban J connectivity index is 2.43. The highest BCUT2D eigenvalue weighted by Gasteiger charge is 2.44. The van der Waals surface area contributed by atoms with Gasteiger partial charge in [0.2, 0.25) is 5.91 Å². The molecule has 0 aromatic heterocycles. The average Bonchev–Trinajstić information content (AvgIpc) is 3.17. The molecule has 6 N–H and O–H groups in total. The third-order valence-electron chi connectivity index (χ3n) is 9.18. The van der Waals surface area contributed by atoms with Crippen LogP contribution in [0.2, 0.25) is 0 Å². The van der Waals surface area contributed by atoms with Crippen molar-refractivity contribution < 1.29 is 39.8 Å². The summed E-state index contributed by atoms with van der Waals surface area (Å²) in [6, 6.07) is -0.838. The van der Waals surface area contributed by atoms with Gasteiger partial charge in [-0.05, 0) is 77.0 Å². The van der Waals surface area contributed by atoms with E-state index in [1.807, 2.05) is 6.08 Å². The molecule has 0 spiro atoms. The molecule has 9 heteroatoms. The van der Waals surface area contributed by atoms with E-state index in [-0.39, 0.29) is 12.5 Å². The van der Waals surface area contributed by atoms with Gasteiger partial charge in [0.1, 0.15) is 24.4 Å². The highest BCUT2D eigenvalue weighted by molar-refractivity contribution is 5.76. The summed E-state index contributed by atoms with van der Waals surface area (Å²) >= 11 is 0. The van der Waals surface area contributed by atoms with Crippen LogP contribution < -0.4 is 5.32 Å². The van der Waals surface area contributed by atoms with Crippen LogP contribution >= 0.6 is 0 Å². The van der Waals surface area contributed by atoms with Crippen LogP contribution in [0.5, 0.6) is 0 Å². The molecule has 0 bridgehead atoms. The van der Waals surface area contributed by atoms with E-state index >= 15 is 0 Å². The molecule has 1 saturated heterocycles. The summed E-state index contributed by atoms with van der Waals surface area (Å²) in [7, 11) is 0. The van der Waals surface area contributed by atoms with Crippen LogP contribution in [0.25, 0.3) is 0 Å². The molecule has 0 aromatic carbocycles. The molecule has 1 rings (SSSR count). The van der Waals surface area contributed by atoms with E-state index in [4.69, 9.17) is 9.47 Å². The van der Waals surface area contributed by atoms with Crippen molar-refractivity contribution >= 4 is 5.91 Å². The SMILES string of the molecule is CC/C=C\C/C=C\C/C=C\C/C=C\CCCCCCCCC(=O)NC(COC1OC(CO)C(O)C(O)C1O)C(O)/C=C/CC/C=C/CC/C=C/CCCC. The number of rotatable bonds is 32. The molecule has 7 unspecified atom stereocenters. The Morgan fingerprint density at radius 1 is 0.648 bits per heavy atom. The van der Waals surface area contributed by atoms with Gasteiger partial charge in [-0.3, -0.25) is 4.79 Å².